The largest absolute Gasteiger partial charge is 0.354 e. The van der Waals surface area contributed by atoms with Crippen LogP contribution in [0.5, 0.6) is 0 Å². The van der Waals surface area contributed by atoms with Gasteiger partial charge in [-0.05, 0) is 86.2 Å². The number of nitrogens with one attached hydrogen (secondary N) is 1. The van der Waals surface area contributed by atoms with Gasteiger partial charge in [0.1, 0.15) is 12.6 Å². The molecule has 7 nitrogen and oxygen atoms in total. The zero-order valence-electron chi connectivity index (χ0n) is 24.9. The first kappa shape index (κ1) is 33.4. The number of hydrogen-bond acceptors (Lipinski definition) is 4. The van der Waals surface area contributed by atoms with Gasteiger partial charge in [0.05, 0.1) is 20.6 Å². The average molecular weight is 633 g/mol. The molecule has 3 aromatic rings. The molecule has 0 aliphatic rings. The second-order valence-corrected chi connectivity index (χ2v) is 13.6. The summed E-state index contributed by atoms with van der Waals surface area (Å²) in [6, 6.07) is 15.9. The van der Waals surface area contributed by atoms with Crippen LogP contribution in [-0.2, 0) is 26.2 Å². The van der Waals surface area contributed by atoms with Crippen molar-refractivity contribution in [2.75, 3.05) is 17.4 Å². The Balaban J connectivity index is 2.09. The van der Waals surface area contributed by atoms with Crippen LogP contribution in [0.3, 0.4) is 0 Å². The van der Waals surface area contributed by atoms with Crippen LogP contribution in [0.2, 0.25) is 10.0 Å². The van der Waals surface area contributed by atoms with Crippen molar-refractivity contribution in [3.05, 3.63) is 93.0 Å². The monoisotopic (exact) mass is 631 g/mol. The fourth-order valence-corrected chi connectivity index (χ4v) is 6.15. The number of aryl methyl sites for hydroxylation is 3. The highest BCUT2D eigenvalue weighted by atomic mass is 35.5. The quantitative estimate of drug-likeness (QED) is 0.241. The minimum atomic E-state index is -4.14. The van der Waals surface area contributed by atoms with Crippen LogP contribution in [0.25, 0.3) is 0 Å². The first-order valence-corrected chi connectivity index (χ1v) is 16.1. The van der Waals surface area contributed by atoms with Crippen molar-refractivity contribution in [2.45, 2.75) is 65.4 Å². The molecule has 0 unspecified atom stereocenters. The first-order chi connectivity index (χ1) is 19.7. The number of halogens is 2. The fraction of sp³-hybridized carbons (Fsp3) is 0.375. The molecule has 0 spiro atoms. The van der Waals surface area contributed by atoms with E-state index in [1.165, 1.54) is 17.0 Å². The number of hydrogen-bond donors (Lipinski definition) is 1. The lowest BCUT2D eigenvalue weighted by Crippen LogP contribution is -2.52. The van der Waals surface area contributed by atoms with Crippen molar-refractivity contribution < 1.29 is 18.0 Å². The van der Waals surface area contributed by atoms with E-state index in [0.717, 1.165) is 21.0 Å². The Bertz CT molecular complexity index is 1530. The van der Waals surface area contributed by atoms with E-state index in [9.17, 15) is 18.0 Å². The highest BCUT2D eigenvalue weighted by Gasteiger charge is 2.34. The first-order valence-electron chi connectivity index (χ1n) is 13.9. The Morgan fingerprint density at radius 2 is 1.55 bits per heavy atom. The number of benzene rings is 3. The van der Waals surface area contributed by atoms with Crippen molar-refractivity contribution in [3.8, 4) is 0 Å². The molecule has 0 aliphatic heterocycles. The molecule has 0 aromatic heterocycles. The highest BCUT2D eigenvalue weighted by molar-refractivity contribution is 7.92. The van der Waals surface area contributed by atoms with Gasteiger partial charge in [-0.25, -0.2) is 8.42 Å². The van der Waals surface area contributed by atoms with Crippen molar-refractivity contribution in [3.63, 3.8) is 0 Å². The van der Waals surface area contributed by atoms with E-state index >= 15 is 0 Å². The Labute approximate surface area is 259 Å². The van der Waals surface area contributed by atoms with E-state index in [4.69, 9.17) is 23.2 Å². The van der Waals surface area contributed by atoms with Crippen molar-refractivity contribution >= 4 is 50.7 Å². The molecule has 0 heterocycles. The topological polar surface area (TPSA) is 86.8 Å². The van der Waals surface area contributed by atoms with Gasteiger partial charge in [0.25, 0.3) is 10.0 Å². The molecule has 0 aliphatic carbocycles. The van der Waals surface area contributed by atoms with Crippen LogP contribution in [-0.4, -0.2) is 44.3 Å². The number of carbonyl (C=O) groups is 2. The molecule has 3 rings (SSSR count). The lowest BCUT2D eigenvalue weighted by atomic mass is 10.1. The lowest BCUT2D eigenvalue weighted by Gasteiger charge is -2.33. The summed E-state index contributed by atoms with van der Waals surface area (Å²) in [7, 11) is -4.14. The summed E-state index contributed by atoms with van der Waals surface area (Å²) in [5.41, 5.74) is 3.81. The maximum Gasteiger partial charge on any atom is 0.264 e. The number of amides is 2. The van der Waals surface area contributed by atoms with Crippen molar-refractivity contribution in [1.82, 2.24) is 10.2 Å². The number of rotatable bonds is 12. The number of carbonyl (C=O) groups excluding carboxylic acids is 2. The van der Waals surface area contributed by atoms with Gasteiger partial charge in [-0.15, -0.1) is 0 Å². The summed E-state index contributed by atoms with van der Waals surface area (Å²) in [6.07, 6.45) is 0.325. The normalized spacial score (nSPS) is 12.2. The zero-order valence-corrected chi connectivity index (χ0v) is 27.3. The summed E-state index contributed by atoms with van der Waals surface area (Å²) in [5.74, 6) is -0.620. The van der Waals surface area contributed by atoms with Crippen molar-refractivity contribution in [2.24, 2.45) is 5.92 Å². The van der Waals surface area contributed by atoms with Crippen LogP contribution >= 0.6 is 23.2 Å². The summed E-state index contributed by atoms with van der Waals surface area (Å²) < 4.78 is 29.2. The molecule has 0 fully saturated rings. The Morgan fingerprint density at radius 1 is 0.881 bits per heavy atom. The van der Waals surface area contributed by atoms with Crippen LogP contribution < -0.4 is 9.62 Å². The van der Waals surface area contributed by atoms with Crippen LogP contribution in [0, 0.1) is 26.7 Å². The molecule has 0 saturated carbocycles. The number of anilines is 1. The molecule has 10 heteroatoms. The van der Waals surface area contributed by atoms with Gasteiger partial charge in [-0.3, -0.25) is 13.9 Å². The van der Waals surface area contributed by atoms with Crippen LogP contribution in [0.4, 0.5) is 5.69 Å². The molecule has 0 radical (unpaired) electrons. The third kappa shape index (κ3) is 8.27. The maximum absolute atomic E-state index is 14.2. The maximum atomic E-state index is 14.2. The molecule has 3 aromatic carbocycles. The minimum absolute atomic E-state index is 0.0364. The van der Waals surface area contributed by atoms with Gasteiger partial charge in [-0.2, -0.15) is 0 Å². The zero-order chi connectivity index (χ0) is 31.2. The second-order valence-electron chi connectivity index (χ2n) is 10.9. The predicted octanol–water partition coefficient (Wildman–Crippen LogP) is 6.69. The third-order valence-electron chi connectivity index (χ3n) is 7.07. The minimum Gasteiger partial charge on any atom is -0.354 e. The van der Waals surface area contributed by atoms with Gasteiger partial charge in [0.2, 0.25) is 11.8 Å². The molecule has 1 N–H and O–H groups in total. The number of sulfonamides is 1. The van der Waals surface area contributed by atoms with Gasteiger partial charge >= 0.3 is 0 Å². The van der Waals surface area contributed by atoms with Gasteiger partial charge in [-0.1, -0.05) is 73.8 Å². The van der Waals surface area contributed by atoms with Gasteiger partial charge < -0.3 is 10.2 Å². The molecule has 0 bridgehead atoms. The predicted molar refractivity (Wildman–Crippen MR) is 171 cm³/mol. The van der Waals surface area contributed by atoms with Crippen LogP contribution in [0.15, 0.2) is 65.6 Å². The van der Waals surface area contributed by atoms with E-state index < -0.39 is 28.5 Å². The van der Waals surface area contributed by atoms with Gasteiger partial charge in [0.15, 0.2) is 0 Å². The fourth-order valence-electron chi connectivity index (χ4n) is 4.42. The second kappa shape index (κ2) is 14.4. The lowest BCUT2D eigenvalue weighted by molar-refractivity contribution is -0.140. The Kier molecular flexibility index (Phi) is 11.5. The molecule has 226 valence electrons. The standard InChI is InChI=1S/C32H39Cl2N3O4S/c1-7-30(32(39)35-18-21(2)3)36(19-25-11-15-28(33)29(34)17-25)31(38)20-37(26-12-10-23(5)24(6)16-26)42(40,41)27-13-8-22(4)9-14-27/h8-17,21,30H,7,18-20H2,1-6H3,(H,35,39)/t30-/m1/s1. The Hall–Kier alpha value is -3.07. The SMILES string of the molecule is CC[C@H](C(=O)NCC(C)C)N(Cc1ccc(Cl)c(Cl)c1)C(=O)CN(c1ccc(C)c(C)c1)S(=O)(=O)c1ccc(C)cc1. The molecule has 2 amide bonds. The summed E-state index contributed by atoms with van der Waals surface area (Å²) >= 11 is 12.4. The summed E-state index contributed by atoms with van der Waals surface area (Å²) in [5, 5.41) is 3.61. The summed E-state index contributed by atoms with van der Waals surface area (Å²) in [4.78, 5) is 29.0. The van der Waals surface area contributed by atoms with E-state index in [-0.39, 0.29) is 23.3 Å². The summed E-state index contributed by atoms with van der Waals surface area (Å²) in [6.45, 7) is 11.5. The molecule has 42 heavy (non-hydrogen) atoms. The highest BCUT2D eigenvalue weighted by Crippen LogP contribution is 2.28. The van der Waals surface area contributed by atoms with Crippen LogP contribution in [0.1, 0.15) is 49.4 Å². The molecular formula is C32H39Cl2N3O4S. The van der Waals surface area contributed by atoms with Gasteiger partial charge in [0, 0.05) is 13.1 Å². The van der Waals surface area contributed by atoms with E-state index in [0.29, 0.717) is 34.3 Å². The Morgan fingerprint density at radius 3 is 2.12 bits per heavy atom. The third-order valence-corrected chi connectivity index (χ3v) is 9.60. The number of nitrogens with zero attached hydrogens (tertiary/aromatic N) is 2. The van der Waals surface area contributed by atoms with E-state index in [2.05, 4.69) is 5.32 Å². The molecule has 0 saturated heterocycles. The molecule has 1 atom stereocenters. The smallest absolute Gasteiger partial charge is 0.264 e. The molecular weight excluding hydrogens is 593 g/mol. The van der Waals surface area contributed by atoms with Crippen molar-refractivity contribution in [1.29, 1.82) is 0 Å². The average Bonchev–Trinajstić information content (AvgIpc) is 2.94. The van der Waals surface area contributed by atoms with E-state index in [1.807, 2.05) is 47.6 Å². The van der Waals surface area contributed by atoms with E-state index in [1.54, 1.807) is 42.5 Å².